The normalized spacial score (nSPS) is 12.2. The Kier molecular flexibility index (Phi) is 4.77. The zero-order valence-electron chi connectivity index (χ0n) is 11.2. The summed E-state index contributed by atoms with van der Waals surface area (Å²) in [4.78, 5) is 15.1. The number of hydrogen-bond acceptors (Lipinski definition) is 4. The second kappa shape index (κ2) is 5.80. The van der Waals surface area contributed by atoms with E-state index in [1.54, 1.807) is 25.6 Å². The summed E-state index contributed by atoms with van der Waals surface area (Å²) in [6, 6.07) is 1.42. The van der Waals surface area contributed by atoms with Gasteiger partial charge in [-0.3, -0.25) is 10.2 Å². The van der Waals surface area contributed by atoms with Crippen LogP contribution in [0.3, 0.4) is 0 Å². The maximum Gasteiger partial charge on any atom is 0.261 e. The highest BCUT2D eigenvalue weighted by Gasteiger charge is 2.22. The highest BCUT2D eigenvalue weighted by Crippen LogP contribution is 2.17. The third-order valence-electron chi connectivity index (χ3n) is 2.09. The Labute approximate surface area is 115 Å². The van der Waals surface area contributed by atoms with Gasteiger partial charge in [0.05, 0.1) is 0 Å². The van der Waals surface area contributed by atoms with Crippen LogP contribution in [0, 0.1) is 17.3 Å². The molecule has 1 rings (SSSR count). The smallest absolute Gasteiger partial charge is 0.261 e. The first-order chi connectivity index (χ1) is 9.01. The Morgan fingerprint density at radius 3 is 2.40 bits per heavy atom. The molecule has 0 fully saturated rings. The van der Waals surface area contributed by atoms with Crippen molar-refractivity contribution in [2.75, 3.05) is 0 Å². The van der Waals surface area contributed by atoms with Crippen molar-refractivity contribution in [3.8, 4) is 0 Å². The lowest BCUT2D eigenvalue weighted by molar-refractivity contribution is -0.123. The number of aromatic nitrogens is 1. The van der Waals surface area contributed by atoms with Crippen molar-refractivity contribution in [2.45, 2.75) is 32.1 Å². The molecule has 0 spiro atoms. The number of hydrogen-bond donors (Lipinski definition) is 2. The lowest BCUT2D eigenvalue weighted by atomic mass is 9.92. The van der Waals surface area contributed by atoms with E-state index in [0.29, 0.717) is 6.07 Å². The summed E-state index contributed by atoms with van der Waals surface area (Å²) < 4.78 is 49.3. The number of pyridine rings is 1. The molecule has 0 unspecified atom stereocenters. The largest absolute Gasteiger partial charge is 0.278 e. The Morgan fingerprint density at radius 1 is 1.30 bits per heavy atom. The van der Waals surface area contributed by atoms with E-state index >= 15 is 0 Å². The molecular formula is C11H15F2N3O3S. The van der Waals surface area contributed by atoms with Crippen LogP contribution in [0.1, 0.15) is 27.2 Å². The van der Waals surface area contributed by atoms with Crippen molar-refractivity contribution in [3.05, 3.63) is 24.0 Å². The van der Waals surface area contributed by atoms with Gasteiger partial charge in [0.2, 0.25) is 17.8 Å². The summed E-state index contributed by atoms with van der Waals surface area (Å²) in [6.07, 6.45) is 0.0691. The molecule has 1 aromatic heterocycles. The molecule has 0 radical (unpaired) electrons. The quantitative estimate of drug-likeness (QED) is 0.644. The van der Waals surface area contributed by atoms with Crippen LogP contribution in [0.25, 0.3) is 0 Å². The number of carbonyl (C=O) groups excluding carboxylic acids is 1. The van der Waals surface area contributed by atoms with Gasteiger partial charge in [0.1, 0.15) is 4.90 Å². The Morgan fingerprint density at radius 2 is 1.90 bits per heavy atom. The Hall–Kier alpha value is -1.61. The third kappa shape index (κ3) is 4.82. The van der Waals surface area contributed by atoms with Crippen LogP contribution < -0.4 is 10.3 Å². The fourth-order valence-electron chi connectivity index (χ4n) is 1.30. The highest BCUT2D eigenvalue weighted by molar-refractivity contribution is 7.89. The third-order valence-corrected chi connectivity index (χ3v) is 3.34. The number of rotatable bonds is 4. The fraction of sp³-hybridized carbons (Fsp3) is 0.455. The average Bonchev–Trinajstić information content (AvgIpc) is 2.23. The molecule has 1 amide bonds. The zero-order valence-corrected chi connectivity index (χ0v) is 12.0. The van der Waals surface area contributed by atoms with Crippen LogP contribution in [-0.2, 0) is 14.8 Å². The van der Waals surface area contributed by atoms with Crippen molar-refractivity contribution in [1.29, 1.82) is 0 Å². The number of sulfonamides is 1. The molecule has 112 valence electrons. The summed E-state index contributed by atoms with van der Waals surface area (Å²) in [7, 11) is -4.34. The molecular weight excluding hydrogens is 292 g/mol. The highest BCUT2D eigenvalue weighted by atomic mass is 32.2. The standard InChI is InChI=1S/C11H15F2N3O3S/c1-11(2,3)6-9(17)15-16-20(18,19)7-4-5-8(12)14-10(7)13/h4-5,16H,6H2,1-3H3,(H,15,17). The summed E-state index contributed by atoms with van der Waals surface area (Å²) in [5, 5.41) is 0. The van der Waals surface area contributed by atoms with E-state index in [1.807, 2.05) is 5.43 Å². The number of nitrogens with one attached hydrogen (secondary N) is 2. The molecule has 1 heterocycles. The number of halogens is 2. The molecule has 0 aliphatic carbocycles. The minimum atomic E-state index is -4.34. The van der Waals surface area contributed by atoms with Gasteiger partial charge in [-0.15, -0.1) is 4.83 Å². The molecule has 0 saturated carbocycles. The summed E-state index contributed by atoms with van der Waals surface area (Å²) in [5.41, 5.74) is 1.62. The van der Waals surface area contributed by atoms with Crippen LogP contribution in [0.4, 0.5) is 8.78 Å². The first-order valence-corrected chi connectivity index (χ1v) is 7.12. The molecule has 0 atom stereocenters. The van der Waals surface area contributed by atoms with Gasteiger partial charge in [-0.2, -0.15) is 13.8 Å². The summed E-state index contributed by atoms with van der Waals surface area (Å²) in [5.74, 6) is -3.20. The van der Waals surface area contributed by atoms with Crippen LogP contribution in [0.2, 0.25) is 0 Å². The fourth-order valence-corrected chi connectivity index (χ4v) is 2.18. The number of hydrazine groups is 1. The topological polar surface area (TPSA) is 88.2 Å². The van der Waals surface area contributed by atoms with Crippen molar-refractivity contribution in [1.82, 2.24) is 15.2 Å². The van der Waals surface area contributed by atoms with Crippen LogP contribution >= 0.6 is 0 Å². The van der Waals surface area contributed by atoms with Crippen LogP contribution in [0.5, 0.6) is 0 Å². The molecule has 0 bridgehead atoms. The molecule has 0 aromatic carbocycles. The van der Waals surface area contributed by atoms with Gasteiger partial charge in [-0.1, -0.05) is 20.8 Å². The minimum absolute atomic E-state index is 0.0691. The van der Waals surface area contributed by atoms with Gasteiger partial charge in [0.25, 0.3) is 10.0 Å². The van der Waals surface area contributed by atoms with Gasteiger partial charge in [0, 0.05) is 6.42 Å². The number of carbonyl (C=O) groups is 1. The monoisotopic (exact) mass is 307 g/mol. The van der Waals surface area contributed by atoms with E-state index in [-0.39, 0.29) is 11.8 Å². The van der Waals surface area contributed by atoms with Crippen molar-refractivity contribution >= 4 is 15.9 Å². The van der Waals surface area contributed by atoms with E-state index in [1.165, 1.54) is 0 Å². The summed E-state index contributed by atoms with van der Waals surface area (Å²) in [6.45, 7) is 5.39. The lowest BCUT2D eigenvalue weighted by Gasteiger charge is -2.17. The van der Waals surface area contributed by atoms with E-state index in [0.717, 1.165) is 6.07 Å². The van der Waals surface area contributed by atoms with Crippen molar-refractivity contribution < 1.29 is 22.0 Å². The molecule has 1 aromatic rings. The molecule has 0 aliphatic rings. The number of nitrogens with zero attached hydrogens (tertiary/aromatic N) is 1. The predicted octanol–water partition coefficient (Wildman–Crippen LogP) is 1.11. The Balaban J connectivity index is 2.78. The minimum Gasteiger partial charge on any atom is -0.278 e. The molecule has 0 saturated heterocycles. The first kappa shape index (κ1) is 16.4. The second-order valence-electron chi connectivity index (χ2n) is 5.31. The van der Waals surface area contributed by atoms with Crippen LogP contribution in [-0.4, -0.2) is 19.3 Å². The van der Waals surface area contributed by atoms with E-state index in [2.05, 4.69) is 4.98 Å². The first-order valence-electron chi connectivity index (χ1n) is 5.64. The van der Waals surface area contributed by atoms with Crippen molar-refractivity contribution in [2.24, 2.45) is 5.41 Å². The van der Waals surface area contributed by atoms with Gasteiger partial charge < -0.3 is 0 Å². The Bertz CT molecular complexity index is 612. The van der Waals surface area contributed by atoms with Crippen LogP contribution in [0.15, 0.2) is 17.0 Å². The molecule has 2 N–H and O–H groups in total. The van der Waals surface area contributed by atoms with E-state index in [4.69, 9.17) is 0 Å². The SMILES string of the molecule is CC(C)(C)CC(=O)NNS(=O)(=O)c1ccc(F)nc1F. The second-order valence-corrected chi connectivity index (χ2v) is 6.96. The molecule has 20 heavy (non-hydrogen) atoms. The lowest BCUT2D eigenvalue weighted by Crippen LogP contribution is -2.43. The van der Waals surface area contributed by atoms with Gasteiger partial charge in [0.15, 0.2) is 0 Å². The van der Waals surface area contributed by atoms with E-state index in [9.17, 15) is 22.0 Å². The molecule has 9 heteroatoms. The van der Waals surface area contributed by atoms with Crippen molar-refractivity contribution in [3.63, 3.8) is 0 Å². The maximum atomic E-state index is 13.3. The predicted molar refractivity (Wildman–Crippen MR) is 66.7 cm³/mol. The molecule has 0 aliphatic heterocycles. The summed E-state index contributed by atoms with van der Waals surface area (Å²) >= 11 is 0. The zero-order chi connectivity index (χ0) is 15.6. The average molecular weight is 307 g/mol. The number of amides is 1. The van der Waals surface area contributed by atoms with Gasteiger partial charge in [-0.05, 0) is 17.5 Å². The van der Waals surface area contributed by atoms with E-state index < -0.39 is 32.7 Å². The van der Waals surface area contributed by atoms with Gasteiger partial charge >= 0.3 is 0 Å². The van der Waals surface area contributed by atoms with Gasteiger partial charge in [-0.25, -0.2) is 8.42 Å². The molecule has 6 nitrogen and oxygen atoms in total. The maximum absolute atomic E-state index is 13.3.